The van der Waals surface area contributed by atoms with Gasteiger partial charge in [-0.2, -0.15) is 0 Å². The number of likely N-dealkylation sites (tertiary alicyclic amines) is 1. The Bertz CT molecular complexity index is 448. The van der Waals surface area contributed by atoms with Gasteiger partial charge in [-0.3, -0.25) is 4.79 Å². The van der Waals surface area contributed by atoms with Gasteiger partial charge in [-0.1, -0.05) is 39.0 Å². The first-order valence-corrected chi connectivity index (χ1v) is 6.54. The molecule has 0 aromatic heterocycles. The third-order valence-corrected chi connectivity index (χ3v) is 3.48. The summed E-state index contributed by atoms with van der Waals surface area (Å²) in [4.78, 5) is 14.4. The van der Waals surface area contributed by atoms with Crippen LogP contribution in [-0.4, -0.2) is 29.9 Å². The largest absolute Gasteiger partial charge is 0.337 e. The number of nitrogens with two attached hydrogens (primary N) is 1. The van der Waals surface area contributed by atoms with Crippen molar-refractivity contribution in [3.63, 3.8) is 0 Å². The number of hydrogen-bond donors (Lipinski definition) is 1. The van der Waals surface area contributed by atoms with E-state index in [2.05, 4.69) is 20.8 Å². The molecule has 1 heterocycles. The van der Waals surface area contributed by atoms with Crippen molar-refractivity contribution in [2.24, 2.45) is 5.73 Å². The van der Waals surface area contributed by atoms with Gasteiger partial charge >= 0.3 is 0 Å². The molecular formula is C15H22N2O. The van der Waals surface area contributed by atoms with Crippen molar-refractivity contribution >= 4 is 5.91 Å². The first-order valence-electron chi connectivity index (χ1n) is 6.54. The van der Waals surface area contributed by atoms with Gasteiger partial charge in [0.2, 0.25) is 0 Å². The minimum atomic E-state index is -0.0197. The second kappa shape index (κ2) is 4.73. The maximum atomic E-state index is 12.5. The van der Waals surface area contributed by atoms with Gasteiger partial charge in [-0.15, -0.1) is 0 Å². The zero-order chi connectivity index (χ0) is 13.3. The molecule has 1 aromatic carbocycles. The number of nitrogens with zero attached hydrogens (tertiary/aromatic N) is 1. The van der Waals surface area contributed by atoms with Crippen LogP contribution in [0.2, 0.25) is 0 Å². The van der Waals surface area contributed by atoms with Crippen LogP contribution in [0.4, 0.5) is 0 Å². The molecule has 1 atom stereocenters. The Labute approximate surface area is 109 Å². The zero-order valence-electron chi connectivity index (χ0n) is 11.4. The topological polar surface area (TPSA) is 46.3 Å². The minimum absolute atomic E-state index is 0.0197. The third-order valence-electron chi connectivity index (χ3n) is 3.48. The molecule has 2 rings (SSSR count). The molecule has 1 aliphatic heterocycles. The normalized spacial score (nSPS) is 20.2. The molecule has 1 amide bonds. The highest BCUT2D eigenvalue weighted by molar-refractivity contribution is 5.96. The lowest BCUT2D eigenvalue weighted by atomic mass is 9.83. The Morgan fingerprint density at radius 3 is 2.56 bits per heavy atom. The first-order chi connectivity index (χ1) is 8.39. The van der Waals surface area contributed by atoms with E-state index in [1.54, 1.807) is 0 Å². The molecule has 0 unspecified atom stereocenters. The summed E-state index contributed by atoms with van der Waals surface area (Å²) >= 11 is 0. The van der Waals surface area contributed by atoms with Gasteiger partial charge in [-0.25, -0.2) is 0 Å². The van der Waals surface area contributed by atoms with Crippen LogP contribution in [0, 0.1) is 0 Å². The first kappa shape index (κ1) is 13.1. The smallest absolute Gasteiger partial charge is 0.254 e. The molecule has 3 nitrogen and oxygen atoms in total. The predicted octanol–water partition coefficient (Wildman–Crippen LogP) is 2.16. The van der Waals surface area contributed by atoms with Gasteiger partial charge in [-0.05, 0) is 23.5 Å². The summed E-state index contributed by atoms with van der Waals surface area (Å²) < 4.78 is 0. The van der Waals surface area contributed by atoms with Gasteiger partial charge < -0.3 is 10.6 Å². The monoisotopic (exact) mass is 246 g/mol. The van der Waals surface area contributed by atoms with Crippen molar-refractivity contribution in [1.82, 2.24) is 4.90 Å². The lowest BCUT2D eigenvalue weighted by molar-refractivity contribution is 0.0788. The molecule has 0 aliphatic carbocycles. The summed E-state index contributed by atoms with van der Waals surface area (Å²) in [5, 5.41) is 0. The summed E-state index contributed by atoms with van der Waals surface area (Å²) in [5.41, 5.74) is 7.78. The van der Waals surface area contributed by atoms with Crippen molar-refractivity contribution in [1.29, 1.82) is 0 Å². The Hall–Kier alpha value is -1.35. The van der Waals surface area contributed by atoms with Crippen LogP contribution in [-0.2, 0) is 5.41 Å². The van der Waals surface area contributed by atoms with Crippen molar-refractivity contribution in [2.75, 3.05) is 13.1 Å². The van der Waals surface area contributed by atoms with Gasteiger partial charge in [0.25, 0.3) is 5.91 Å². The quantitative estimate of drug-likeness (QED) is 0.825. The van der Waals surface area contributed by atoms with Gasteiger partial charge in [0, 0.05) is 24.7 Å². The van der Waals surface area contributed by atoms with E-state index < -0.39 is 0 Å². The van der Waals surface area contributed by atoms with E-state index in [9.17, 15) is 4.79 Å². The van der Waals surface area contributed by atoms with E-state index in [1.807, 2.05) is 29.2 Å². The van der Waals surface area contributed by atoms with E-state index in [0.717, 1.165) is 24.1 Å². The maximum absolute atomic E-state index is 12.5. The number of rotatable bonds is 1. The van der Waals surface area contributed by atoms with E-state index in [4.69, 9.17) is 5.73 Å². The molecule has 1 aromatic rings. The van der Waals surface area contributed by atoms with E-state index in [0.29, 0.717) is 6.54 Å². The lowest BCUT2D eigenvalue weighted by Crippen LogP contribution is -2.33. The van der Waals surface area contributed by atoms with E-state index >= 15 is 0 Å². The molecular weight excluding hydrogens is 224 g/mol. The van der Waals surface area contributed by atoms with Crippen LogP contribution in [0.5, 0.6) is 0 Å². The maximum Gasteiger partial charge on any atom is 0.254 e. The SMILES string of the molecule is CC(C)(C)c1ccccc1C(=O)N1CC[C@@H](N)C1. The fourth-order valence-corrected chi connectivity index (χ4v) is 2.47. The molecule has 0 radical (unpaired) electrons. The molecule has 1 saturated heterocycles. The standard InChI is InChI=1S/C15H22N2O/c1-15(2,3)13-7-5-4-6-12(13)14(18)17-9-8-11(16)10-17/h4-7,11H,8-10,16H2,1-3H3/t11-/m1/s1. The van der Waals surface area contributed by atoms with Crippen LogP contribution in [0.25, 0.3) is 0 Å². The van der Waals surface area contributed by atoms with Crippen molar-refractivity contribution in [3.8, 4) is 0 Å². The zero-order valence-corrected chi connectivity index (χ0v) is 11.4. The second-order valence-electron chi connectivity index (χ2n) is 6.10. The highest BCUT2D eigenvalue weighted by Gasteiger charge is 2.28. The molecule has 18 heavy (non-hydrogen) atoms. The molecule has 2 N–H and O–H groups in total. The Balaban J connectivity index is 2.31. The van der Waals surface area contributed by atoms with Crippen molar-refractivity contribution in [2.45, 2.75) is 38.6 Å². The fraction of sp³-hybridized carbons (Fsp3) is 0.533. The van der Waals surface area contributed by atoms with Gasteiger partial charge in [0.15, 0.2) is 0 Å². The highest BCUT2D eigenvalue weighted by Crippen LogP contribution is 2.27. The number of carbonyl (C=O) groups excluding carboxylic acids is 1. The average molecular weight is 246 g/mol. The number of amides is 1. The number of carbonyl (C=O) groups is 1. The van der Waals surface area contributed by atoms with Crippen LogP contribution in [0.3, 0.4) is 0 Å². The molecule has 0 spiro atoms. The summed E-state index contributed by atoms with van der Waals surface area (Å²) in [6, 6.07) is 8.03. The van der Waals surface area contributed by atoms with Gasteiger partial charge in [0.1, 0.15) is 0 Å². The van der Waals surface area contributed by atoms with E-state index in [-0.39, 0.29) is 17.4 Å². The molecule has 3 heteroatoms. The lowest BCUT2D eigenvalue weighted by Gasteiger charge is -2.25. The van der Waals surface area contributed by atoms with Crippen LogP contribution in [0.1, 0.15) is 43.1 Å². The molecule has 0 bridgehead atoms. The Kier molecular flexibility index (Phi) is 3.44. The summed E-state index contributed by atoms with van der Waals surface area (Å²) in [6.45, 7) is 7.86. The third kappa shape index (κ3) is 2.56. The number of hydrogen-bond acceptors (Lipinski definition) is 2. The summed E-state index contributed by atoms with van der Waals surface area (Å²) in [5.74, 6) is 0.119. The average Bonchev–Trinajstić information content (AvgIpc) is 2.74. The van der Waals surface area contributed by atoms with Crippen molar-refractivity contribution in [3.05, 3.63) is 35.4 Å². The predicted molar refractivity (Wildman–Crippen MR) is 73.6 cm³/mol. The summed E-state index contributed by atoms with van der Waals surface area (Å²) in [6.07, 6.45) is 0.906. The Morgan fingerprint density at radius 1 is 1.33 bits per heavy atom. The van der Waals surface area contributed by atoms with Crippen LogP contribution < -0.4 is 5.73 Å². The fourth-order valence-electron chi connectivity index (χ4n) is 2.47. The summed E-state index contributed by atoms with van der Waals surface area (Å²) in [7, 11) is 0. The van der Waals surface area contributed by atoms with E-state index in [1.165, 1.54) is 0 Å². The Morgan fingerprint density at radius 2 is 2.00 bits per heavy atom. The highest BCUT2D eigenvalue weighted by atomic mass is 16.2. The van der Waals surface area contributed by atoms with Gasteiger partial charge in [0.05, 0.1) is 0 Å². The van der Waals surface area contributed by atoms with Crippen LogP contribution >= 0.6 is 0 Å². The second-order valence-corrected chi connectivity index (χ2v) is 6.10. The molecule has 0 saturated carbocycles. The molecule has 1 aliphatic rings. The van der Waals surface area contributed by atoms with Crippen molar-refractivity contribution < 1.29 is 4.79 Å². The number of benzene rings is 1. The molecule has 98 valence electrons. The minimum Gasteiger partial charge on any atom is -0.337 e. The molecule has 1 fully saturated rings. The van der Waals surface area contributed by atoms with Crippen LogP contribution in [0.15, 0.2) is 24.3 Å².